The summed E-state index contributed by atoms with van der Waals surface area (Å²) in [5.41, 5.74) is -1.62. The minimum absolute atomic E-state index is 0.0907. The molecule has 0 aliphatic heterocycles. The number of rotatable bonds is 9. The van der Waals surface area contributed by atoms with Gasteiger partial charge in [0.25, 0.3) is 5.70 Å². The number of hydrogen-bond acceptors (Lipinski definition) is 7. The monoisotopic (exact) mass is 327 g/mol. The van der Waals surface area contributed by atoms with Crippen LogP contribution in [0.25, 0.3) is 0 Å². The van der Waals surface area contributed by atoms with Gasteiger partial charge >= 0.3 is 5.70 Å². The maximum Gasteiger partial charge on any atom is 0.320 e. The fraction of sp³-hybridized carbons (Fsp3) is 0.538. The van der Waals surface area contributed by atoms with Crippen LogP contribution in [-0.4, -0.2) is 39.8 Å². The Labute approximate surface area is 131 Å². The summed E-state index contributed by atoms with van der Waals surface area (Å²) in [7, 11) is 0. The number of nitrogens with zero attached hydrogens (tertiary/aromatic N) is 2. The van der Waals surface area contributed by atoms with E-state index in [2.05, 4.69) is 5.32 Å². The van der Waals surface area contributed by atoms with Crippen LogP contribution in [0.3, 0.4) is 0 Å². The molecule has 10 nitrogen and oxygen atoms in total. The van der Waals surface area contributed by atoms with E-state index in [1.165, 1.54) is 0 Å². The van der Waals surface area contributed by atoms with E-state index in [1.807, 2.05) is 0 Å². The lowest BCUT2D eigenvalue weighted by Gasteiger charge is -2.13. The number of unbranched alkanes of at least 4 members (excludes halogenated alkanes) is 3. The number of amides is 1. The van der Waals surface area contributed by atoms with Gasteiger partial charge in [0.05, 0.1) is 15.9 Å². The molecule has 2 N–H and O–H groups in total. The van der Waals surface area contributed by atoms with Crippen molar-refractivity contribution in [1.82, 2.24) is 5.32 Å². The molecule has 1 unspecified atom stereocenters. The second kappa shape index (κ2) is 8.73. The number of Topliss-reactive ketones (excluding diaryl/α,β-unsaturated/α-hetero) is 1. The lowest BCUT2D eigenvalue weighted by Crippen LogP contribution is -2.38. The summed E-state index contributed by atoms with van der Waals surface area (Å²) in [5.74, 6) is -3.44. The molecule has 126 valence electrons. The van der Waals surface area contributed by atoms with Gasteiger partial charge in [-0.25, -0.2) is 0 Å². The van der Waals surface area contributed by atoms with Crippen LogP contribution in [0.4, 0.5) is 0 Å². The van der Waals surface area contributed by atoms with Crippen molar-refractivity contribution in [2.45, 2.75) is 25.7 Å². The molecule has 0 aromatic heterocycles. The normalized spacial score (nSPS) is 17.3. The number of carbonyl (C=O) groups is 2. The third-order valence-electron chi connectivity index (χ3n) is 3.23. The van der Waals surface area contributed by atoms with Crippen LogP contribution in [0, 0.1) is 26.1 Å². The van der Waals surface area contributed by atoms with Crippen molar-refractivity contribution in [1.29, 1.82) is 0 Å². The van der Waals surface area contributed by atoms with E-state index in [-0.39, 0.29) is 13.2 Å². The lowest BCUT2D eigenvalue weighted by atomic mass is 9.94. The van der Waals surface area contributed by atoms with Crippen LogP contribution in [0.1, 0.15) is 25.7 Å². The molecule has 1 aliphatic carbocycles. The van der Waals surface area contributed by atoms with Crippen molar-refractivity contribution < 1.29 is 24.5 Å². The zero-order valence-electron chi connectivity index (χ0n) is 12.3. The second-order valence-corrected chi connectivity index (χ2v) is 4.91. The third kappa shape index (κ3) is 5.25. The number of nitrogens with one attached hydrogen (secondary N) is 1. The van der Waals surface area contributed by atoms with Gasteiger partial charge in [-0.3, -0.25) is 29.8 Å². The van der Waals surface area contributed by atoms with Crippen LogP contribution >= 0.6 is 0 Å². The fourth-order valence-electron chi connectivity index (χ4n) is 2.03. The molecule has 0 saturated carbocycles. The third-order valence-corrected chi connectivity index (χ3v) is 3.23. The molecule has 0 radical (unpaired) electrons. The first-order valence-electron chi connectivity index (χ1n) is 7.03. The van der Waals surface area contributed by atoms with Gasteiger partial charge in [-0.15, -0.1) is 0 Å². The average molecular weight is 327 g/mol. The van der Waals surface area contributed by atoms with Gasteiger partial charge in [0.1, 0.15) is 5.92 Å². The predicted molar refractivity (Wildman–Crippen MR) is 77.2 cm³/mol. The highest BCUT2D eigenvalue weighted by atomic mass is 16.6. The molecular formula is C13H17N3O7. The first kappa shape index (κ1) is 18.4. The topological polar surface area (TPSA) is 153 Å². The van der Waals surface area contributed by atoms with E-state index >= 15 is 0 Å². The van der Waals surface area contributed by atoms with E-state index in [4.69, 9.17) is 5.11 Å². The fourth-order valence-corrected chi connectivity index (χ4v) is 2.03. The summed E-state index contributed by atoms with van der Waals surface area (Å²) in [4.78, 5) is 43.5. The Balaban J connectivity index is 2.68. The summed E-state index contributed by atoms with van der Waals surface area (Å²) in [6.45, 7) is 0.334. The molecule has 0 spiro atoms. The Kier molecular flexibility index (Phi) is 7.00. The van der Waals surface area contributed by atoms with Gasteiger partial charge in [0, 0.05) is 19.2 Å². The predicted octanol–water partition coefficient (Wildman–Crippen LogP) is 0.175. The van der Waals surface area contributed by atoms with Crippen molar-refractivity contribution in [3.8, 4) is 0 Å². The highest BCUT2D eigenvalue weighted by Gasteiger charge is 2.40. The Morgan fingerprint density at radius 1 is 1.17 bits per heavy atom. The molecule has 1 rings (SSSR count). The van der Waals surface area contributed by atoms with Gasteiger partial charge in [0.2, 0.25) is 11.7 Å². The molecule has 23 heavy (non-hydrogen) atoms. The van der Waals surface area contributed by atoms with Crippen molar-refractivity contribution in [3.63, 3.8) is 0 Å². The van der Waals surface area contributed by atoms with Crippen LogP contribution in [0.15, 0.2) is 23.5 Å². The zero-order chi connectivity index (χ0) is 17.4. The van der Waals surface area contributed by atoms with Crippen LogP contribution < -0.4 is 5.32 Å². The van der Waals surface area contributed by atoms with Crippen molar-refractivity contribution in [2.75, 3.05) is 13.2 Å². The van der Waals surface area contributed by atoms with E-state index in [0.29, 0.717) is 18.9 Å². The number of carbonyl (C=O) groups excluding carboxylic acids is 2. The largest absolute Gasteiger partial charge is 0.396 e. The van der Waals surface area contributed by atoms with Gasteiger partial charge < -0.3 is 10.4 Å². The van der Waals surface area contributed by atoms with Crippen LogP contribution in [-0.2, 0) is 9.59 Å². The van der Waals surface area contributed by atoms with Gasteiger partial charge in [-0.2, -0.15) is 0 Å². The Hall–Kier alpha value is -2.62. The molecule has 0 bridgehead atoms. The SMILES string of the molecule is O=C(NCCCCCCO)C1C=C([N+](=O)[O-])C=C([N+](=O)[O-])C1=O. The molecule has 10 heteroatoms. The number of aliphatic hydroxyl groups is 1. The summed E-state index contributed by atoms with van der Waals surface area (Å²) < 4.78 is 0. The Bertz CT molecular complexity index is 568. The Morgan fingerprint density at radius 3 is 2.39 bits per heavy atom. The molecule has 0 saturated heterocycles. The molecule has 0 aromatic rings. The maximum absolute atomic E-state index is 11.9. The summed E-state index contributed by atoms with van der Waals surface area (Å²) in [6, 6.07) is 0. The molecule has 0 aromatic carbocycles. The van der Waals surface area contributed by atoms with Gasteiger partial charge in [-0.1, -0.05) is 12.8 Å². The maximum atomic E-state index is 11.9. The smallest absolute Gasteiger partial charge is 0.320 e. The number of aliphatic hydroxyl groups excluding tert-OH is 1. The quantitative estimate of drug-likeness (QED) is 0.265. The highest BCUT2D eigenvalue weighted by Crippen LogP contribution is 2.20. The highest BCUT2D eigenvalue weighted by molar-refractivity contribution is 6.11. The molecular weight excluding hydrogens is 310 g/mol. The van der Waals surface area contributed by atoms with Gasteiger partial charge in [-0.05, 0) is 12.8 Å². The number of hydrogen-bond donors (Lipinski definition) is 2. The first-order valence-corrected chi connectivity index (χ1v) is 7.03. The summed E-state index contributed by atoms with van der Waals surface area (Å²) >= 11 is 0. The van der Waals surface area contributed by atoms with Crippen molar-refractivity contribution in [3.05, 3.63) is 43.8 Å². The van der Waals surface area contributed by atoms with Crippen molar-refractivity contribution in [2.24, 2.45) is 5.92 Å². The number of allylic oxidation sites excluding steroid dienone is 2. The number of nitro groups is 2. The van der Waals surface area contributed by atoms with E-state index < -0.39 is 38.8 Å². The molecule has 0 fully saturated rings. The minimum atomic E-state index is -1.57. The summed E-state index contributed by atoms with van der Waals surface area (Å²) in [5, 5.41) is 32.6. The summed E-state index contributed by atoms with van der Waals surface area (Å²) in [6.07, 6.45) is 4.18. The lowest BCUT2D eigenvalue weighted by molar-refractivity contribution is -0.432. The van der Waals surface area contributed by atoms with E-state index in [0.717, 1.165) is 18.9 Å². The second-order valence-electron chi connectivity index (χ2n) is 4.91. The Morgan fingerprint density at radius 2 is 1.83 bits per heavy atom. The van der Waals surface area contributed by atoms with Crippen LogP contribution in [0.2, 0.25) is 0 Å². The van der Waals surface area contributed by atoms with E-state index in [1.54, 1.807) is 0 Å². The molecule has 1 aliphatic rings. The first-order chi connectivity index (χ1) is 10.9. The molecule has 1 amide bonds. The van der Waals surface area contributed by atoms with Gasteiger partial charge in [0.15, 0.2) is 0 Å². The molecule has 0 heterocycles. The van der Waals surface area contributed by atoms with Crippen LogP contribution in [0.5, 0.6) is 0 Å². The number of ketones is 1. The molecule has 1 atom stereocenters. The average Bonchev–Trinajstić information content (AvgIpc) is 2.50. The standard InChI is InChI=1S/C13H17N3O7/c17-6-4-2-1-3-5-14-13(19)10-7-9(15(20)21)8-11(12(10)18)16(22)23/h7-8,10,17H,1-6H2,(H,14,19). The zero-order valence-corrected chi connectivity index (χ0v) is 12.3. The van der Waals surface area contributed by atoms with Crippen molar-refractivity contribution >= 4 is 11.7 Å². The van der Waals surface area contributed by atoms with E-state index in [9.17, 15) is 29.8 Å². The minimum Gasteiger partial charge on any atom is -0.396 e.